The van der Waals surface area contributed by atoms with Crippen LogP contribution >= 0.6 is 0 Å². The second-order valence-corrected chi connectivity index (χ2v) is 8.53. The average Bonchev–Trinajstić information content (AvgIpc) is 2.68. The van der Waals surface area contributed by atoms with Crippen LogP contribution in [0.5, 0.6) is 0 Å². The molecule has 0 spiro atoms. The molecule has 29 heavy (non-hydrogen) atoms. The molecule has 6 nitrogen and oxygen atoms in total. The summed E-state index contributed by atoms with van der Waals surface area (Å²) in [6.45, 7) is 11.3. The summed E-state index contributed by atoms with van der Waals surface area (Å²) in [6, 6.07) is 13.5. The van der Waals surface area contributed by atoms with Gasteiger partial charge < -0.3 is 15.2 Å². The van der Waals surface area contributed by atoms with E-state index in [1.54, 1.807) is 6.08 Å². The Hall–Kier alpha value is -2.48. The van der Waals surface area contributed by atoms with Gasteiger partial charge in [0, 0.05) is 30.9 Å². The Kier molecular flexibility index (Phi) is 8.13. The lowest BCUT2D eigenvalue weighted by Gasteiger charge is -2.19. The number of hydrogen-bond donors (Lipinski definition) is 3. The minimum atomic E-state index is -2.32. The summed E-state index contributed by atoms with van der Waals surface area (Å²) in [7, 11) is 0. The number of urea groups is 1. The van der Waals surface area contributed by atoms with Gasteiger partial charge in [-0.25, -0.2) is 9.52 Å². The molecule has 0 aliphatic heterocycles. The molecule has 1 unspecified atom stereocenters. The summed E-state index contributed by atoms with van der Waals surface area (Å²) in [6.07, 6.45) is 1.66. The fourth-order valence-corrected chi connectivity index (χ4v) is 3.07. The molecule has 0 saturated carbocycles. The molecule has 3 N–H and O–H groups in total. The first-order chi connectivity index (χ1) is 13.7. The predicted molar refractivity (Wildman–Crippen MR) is 117 cm³/mol. The molecule has 2 aromatic rings. The van der Waals surface area contributed by atoms with E-state index in [4.69, 9.17) is 0 Å². The van der Waals surface area contributed by atoms with Crippen molar-refractivity contribution in [3.8, 4) is 0 Å². The minimum absolute atomic E-state index is 0.102. The van der Waals surface area contributed by atoms with Crippen molar-refractivity contribution in [1.29, 1.82) is 0 Å². The van der Waals surface area contributed by atoms with Crippen molar-refractivity contribution in [2.75, 3.05) is 0 Å². The summed E-state index contributed by atoms with van der Waals surface area (Å²) < 4.78 is 23.6. The highest BCUT2D eigenvalue weighted by atomic mass is 32.2. The van der Waals surface area contributed by atoms with E-state index >= 15 is 0 Å². The quantitative estimate of drug-likeness (QED) is 0.577. The van der Waals surface area contributed by atoms with Crippen molar-refractivity contribution in [3.63, 3.8) is 0 Å². The molecule has 2 aromatic carbocycles. The van der Waals surface area contributed by atoms with Gasteiger partial charge in [0.2, 0.25) is 0 Å². The van der Waals surface area contributed by atoms with E-state index in [0.717, 1.165) is 22.3 Å². The van der Waals surface area contributed by atoms with Gasteiger partial charge in [-0.2, -0.15) is 0 Å². The molecule has 0 bridgehead atoms. The van der Waals surface area contributed by atoms with Crippen molar-refractivity contribution in [2.45, 2.75) is 45.8 Å². The maximum absolute atomic E-state index is 12.1. The van der Waals surface area contributed by atoms with Crippen LogP contribution < -0.4 is 15.4 Å². The summed E-state index contributed by atoms with van der Waals surface area (Å²) in [5.41, 5.74) is 4.93. The Bertz CT molecular complexity index is 874. The lowest BCUT2D eigenvalue weighted by molar-refractivity contribution is 0.240. The number of rotatable bonds is 8. The normalized spacial score (nSPS) is 12.3. The Balaban J connectivity index is 1.85. The van der Waals surface area contributed by atoms with Crippen molar-refractivity contribution < 1.29 is 13.6 Å². The van der Waals surface area contributed by atoms with E-state index in [1.165, 1.54) is 5.56 Å². The standard InChI is InChI=1S/C22H29N3O3S/c1-5-18-12-17(6-9-19(18)15-25-29(27)28)14-24-21(26)23-13-16-7-10-20(11-8-16)22(2,3)4/h5-12,25H,1,13-15H2,2-4H3,(H,27,28)(H2,23,24,26)/p-1. The SMILES string of the molecule is C=Cc1cc(CNC(=O)NCc2ccc(C(C)(C)C)cc2)ccc1CNS(=O)[O-]. The highest BCUT2D eigenvalue weighted by Crippen LogP contribution is 2.22. The van der Waals surface area contributed by atoms with Crippen molar-refractivity contribution in [2.24, 2.45) is 0 Å². The van der Waals surface area contributed by atoms with Crippen LogP contribution in [0.25, 0.3) is 6.08 Å². The minimum Gasteiger partial charge on any atom is -0.760 e. The molecule has 0 fully saturated rings. The van der Waals surface area contributed by atoms with E-state index in [-0.39, 0.29) is 18.0 Å². The Morgan fingerprint density at radius 1 is 1.03 bits per heavy atom. The van der Waals surface area contributed by atoms with Gasteiger partial charge in [-0.1, -0.05) is 69.8 Å². The van der Waals surface area contributed by atoms with Gasteiger partial charge in [0.25, 0.3) is 0 Å². The zero-order valence-electron chi connectivity index (χ0n) is 17.1. The lowest BCUT2D eigenvalue weighted by Crippen LogP contribution is -2.34. The number of hydrogen-bond acceptors (Lipinski definition) is 3. The summed E-state index contributed by atoms with van der Waals surface area (Å²) >= 11 is -2.32. The molecular weight excluding hydrogens is 386 g/mol. The van der Waals surface area contributed by atoms with Crippen LogP contribution in [-0.2, 0) is 36.3 Å². The molecule has 0 aliphatic carbocycles. The number of nitrogens with one attached hydrogen (secondary N) is 3. The molecule has 156 valence electrons. The van der Waals surface area contributed by atoms with Gasteiger partial charge in [0.15, 0.2) is 0 Å². The van der Waals surface area contributed by atoms with Crippen LogP contribution in [0.1, 0.15) is 48.6 Å². The van der Waals surface area contributed by atoms with E-state index in [0.29, 0.717) is 13.1 Å². The number of amides is 2. The van der Waals surface area contributed by atoms with Gasteiger partial charge >= 0.3 is 6.03 Å². The fourth-order valence-electron chi connectivity index (χ4n) is 2.79. The van der Waals surface area contributed by atoms with Crippen molar-refractivity contribution >= 4 is 23.4 Å². The fraction of sp³-hybridized carbons (Fsp3) is 0.318. The van der Waals surface area contributed by atoms with E-state index < -0.39 is 11.3 Å². The number of benzene rings is 2. The van der Waals surface area contributed by atoms with E-state index in [1.807, 2.05) is 30.3 Å². The van der Waals surface area contributed by atoms with Crippen LogP contribution in [0.4, 0.5) is 4.79 Å². The zero-order chi connectivity index (χ0) is 21.4. The molecule has 2 amide bonds. The van der Waals surface area contributed by atoms with Gasteiger partial charge in [0.1, 0.15) is 0 Å². The maximum atomic E-state index is 12.1. The van der Waals surface area contributed by atoms with Crippen LogP contribution in [0, 0.1) is 0 Å². The predicted octanol–water partition coefficient (Wildman–Crippen LogP) is 3.51. The Morgan fingerprint density at radius 3 is 2.17 bits per heavy atom. The maximum Gasteiger partial charge on any atom is 0.315 e. The van der Waals surface area contributed by atoms with Crippen LogP contribution in [0.15, 0.2) is 49.0 Å². The molecule has 0 saturated heterocycles. The third kappa shape index (κ3) is 7.45. The number of carbonyl (C=O) groups excluding carboxylic acids is 1. The second kappa shape index (κ2) is 10.3. The first kappa shape index (κ1) is 22.8. The second-order valence-electron chi connectivity index (χ2n) is 7.78. The van der Waals surface area contributed by atoms with Crippen LogP contribution in [0.3, 0.4) is 0 Å². The topological polar surface area (TPSA) is 93.3 Å². The van der Waals surface area contributed by atoms with Crippen molar-refractivity contribution in [3.05, 3.63) is 76.9 Å². The lowest BCUT2D eigenvalue weighted by atomic mass is 9.87. The first-order valence-electron chi connectivity index (χ1n) is 9.37. The summed E-state index contributed by atoms with van der Waals surface area (Å²) in [4.78, 5) is 12.1. The van der Waals surface area contributed by atoms with Crippen LogP contribution in [-0.4, -0.2) is 14.8 Å². The van der Waals surface area contributed by atoms with Crippen molar-refractivity contribution in [1.82, 2.24) is 15.4 Å². The van der Waals surface area contributed by atoms with E-state index in [2.05, 4.69) is 54.8 Å². The largest absolute Gasteiger partial charge is 0.760 e. The Labute approximate surface area is 175 Å². The van der Waals surface area contributed by atoms with Gasteiger partial charge in [-0.15, -0.1) is 0 Å². The van der Waals surface area contributed by atoms with Gasteiger partial charge in [-0.05, 0) is 39.3 Å². The molecule has 0 heterocycles. The van der Waals surface area contributed by atoms with Gasteiger partial charge in [0.05, 0.1) is 0 Å². The zero-order valence-corrected chi connectivity index (χ0v) is 17.9. The molecule has 0 aromatic heterocycles. The third-order valence-electron chi connectivity index (χ3n) is 4.54. The molecule has 7 heteroatoms. The number of carbonyl (C=O) groups is 1. The molecule has 1 atom stereocenters. The molecular formula is C22H28N3O3S-. The summed E-state index contributed by atoms with van der Waals surface area (Å²) in [5, 5.41) is 5.68. The summed E-state index contributed by atoms with van der Waals surface area (Å²) in [5.74, 6) is 0. The average molecular weight is 415 g/mol. The molecule has 2 rings (SSSR count). The highest BCUT2D eigenvalue weighted by molar-refractivity contribution is 7.77. The smallest absolute Gasteiger partial charge is 0.315 e. The Morgan fingerprint density at radius 2 is 1.62 bits per heavy atom. The monoisotopic (exact) mass is 414 g/mol. The first-order valence-corrected chi connectivity index (χ1v) is 10.4. The third-order valence-corrected chi connectivity index (χ3v) is 4.92. The molecule has 0 radical (unpaired) electrons. The highest BCUT2D eigenvalue weighted by Gasteiger charge is 2.12. The van der Waals surface area contributed by atoms with Crippen LogP contribution in [0.2, 0.25) is 0 Å². The van der Waals surface area contributed by atoms with E-state index in [9.17, 15) is 13.6 Å². The molecule has 0 aliphatic rings. The van der Waals surface area contributed by atoms with Gasteiger partial charge in [-0.3, -0.25) is 4.21 Å².